The summed E-state index contributed by atoms with van der Waals surface area (Å²) in [4.78, 5) is 5.42. The predicted molar refractivity (Wildman–Crippen MR) is 461 cm³/mol. The molecule has 0 bridgehead atoms. The number of hydrogen-bond donors (Lipinski definition) is 0. The molecular formula is C102H82BN5. The van der Waals surface area contributed by atoms with E-state index in [0.29, 0.717) is 0 Å². The second-order valence-electron chi connectivity index (χ2n) is 32.9. The Morgan fingerprint density at radius 2 is 0.556 bits per heavy atom. The molecule has 5 nitrogen and oxygen atoms in total. The van der Waals surface area contributed by atoms with E-state index >= 15 is 0 Å². The van der Waals surface area contributed by atoms with Gasteiger partial charge >= 0.3 is 0 Å². The van der Waals surface area contributed by atoms with Crippen molar-refractivity contribution in [3.8, 4) is 61.6 Å². The maximum atomic E-state index is 2.71. The van der Waals surface area contributed by atoms with Gasteiger partial charge < -0.3 is 23.5 Å². The van der Waals surface area contributed by atoms with E-state index < -0.39 is 0 Å². The van der Waals surface area contributed by atoms with Crippen molar-refractivity contribution in [1.29, 1.82) is 0 Å². The Kier molecular flexibility index (Phi) is 14.7. The van der Waals surface area contributed by atoms with E-state index in [0.717, 1.165) is 112 Å². The highest BCUT2D eigenvalue weighted by atomic mass is 15.2. The summed E-state index contributed by atoms with van der Waals surface area (Å²) in [5.41, 5.74) is 33.4. The van der Waals surface area contributed by atoms with Crippen LogP contribution >= 0.6 is 0 Å². The summed E-state index contributed by atoms with van der Waals surface area (Å²) in [6.07, 6.45) is 0. The van der Waals surface area contributed by atoms with Gasteiger partial charge in [0.1, 0.15) is 0 Å². The van der Waals surface area contributed by atoms with Gasteiger partial charge in [0.25, 0.3) is 6.71 Å². The summed E-state index contributed by atoms with van der Waals surface area (Å²) < 4.78 is 7.57. The molecule has 3 aromatic heterocycles. The number of fused-ring (bicyclic) bond motifs is 13. The number of hydrogen-bond acceptors (Lipinski definition) is 2. The fourth-order valence-corrected chi connectivity index (χ4v) is 17.9. The molecule has 0 N–H and O–H groups in total. The van der Waals surface area contributed by atoms with Crippen LogP contribution in [0.5, 0.6) is 0 Å². The van der Waals surface area contributed by atoms with E-state index in [1.165, 1.54) is 81.9 Å². The van der Waals surface area contributed by atoms with Gasteiger partial charge in [-0.25, -0.2) is 0 Å². The van der Waals surface area contributed by atoms with Gasteiger partial charge in [-0.05, 0) is 169 Å². The molecule has 18 aromatic rings. The van der Waals surface area contributed by atoms with Crippen molar-refractivity contribution in [3.63, 3.8) is 0 Å². The van der Waals surface area contributed by atoms with Gasteiger partial charge in [0, 0.05) is 94.4 Å². The molecule has 518 valence electrons. The molecule has 6 heteroatoms. The zero-order valence-corrected chi connectivity index (χ0v) is 62.6. The Labute approximate surface area is 632 Å². The van der Waals surface area contributed by atoms with Crippen LogP contribution in [0.4, 0.5) is 34.1 Å². The molecule has 2 aliphatic heterocycles. The predicted octanol–water partition coefficient (Wildman–Crippen LogP) is 25.6. The van der Waals surface area contributed by atoms with Gasteiger partial charge in [-0.15, -0.1) is 0 Å². The first-order valence-corrected chi connectivity index (χ1v) is 38.2. The molecule has 108 heavy (non-hydrogen) atoms. The van der Waals surface area contributed by atoms with Crippen LogP contribution in [-0.2, 0) is 16.2 Å². The van der Waals surface area contributed by atoms with Crippen molar-refractivity contribution in [3.05, 3.63) is 350 Å². The first-order valence-electron chi connectivity index (χ1n) is 38.2. The summed E-state index contributed by atoms with van der Waals surface area (Å²) in [7, 11) is 0. The average molecular weight is 1390 g/mol. The molecule has 0 fully saturated rings. The molecule has 0 radical (unpaired) electrons. The minimum atomic E-state index is -0.331. The summed E-state index contributed by atoms with van der Waals surface area (Å²) in [5, 5.41) is 7.41. The lowest BCUT2D eigenvalue weighted by atomic mass is 9.33. The second-order valence-corrected chi connectivity index (χ2v) is 32.9. The molecule has 0 aliphatic carbocycles. The van der Waals surface area contributed by atoms with E-state index in [9.17, 15) is 0 Å². The molecule has 0 spiro atoms. The minimum absolute atomic E-state index is 0.0576. The third kappa shape index (κ3) is 10.2. The van der Waals surface area contributed by atoms with Crippen molar-refractivity contribution in [2.45, 2.75) is 78.6 Å². The van der Waals surface area contributed by atoms with Crippen molar-refractivity contribution >= 4 is 123 Å². The number of para-hydroxylation sites is 5. The molecule has 20 rings (SSSR count). The van der Waals surface area contributed by atoms with Crippen LogP contribution in [-0.4, -0.2) is 20.4 Å². The second kappa shape index (κ2) is 24.5. The van der Waals surface area contributed by atoms with E-state index in [4.69, 9.17) is 0 Å². The molecule has 0 atom stereocenters. The van der Waals surface area contributed by atoms with E-state index in [2.05, 4.69) is 419 Å². The summed E-state index contributed by atoms with van der Waals surface area (Å²) in [6.45, 7) is 20.9. The Balaban J connectivity index is 0.939. The van der Waals surface area contributed by atoms with Crippen molar-refractivity contribution in [1.82, 2.24) is 13.7 Å². The lowest BCUT2D eigenvalue weighted by Crippen LogP contribution is -2.61. The first kappa shape index (κ1) is 64.9. The van der Waals surface area contributed by atoms with E-state index in [1.807, 2.05) is 0 Å². The number of benzene rings is 15. The Bertz CT molecular complexity index is 6470. The van der Waals surface area contributed by atoms with Crippen LogP contribution in [0.15, 0.2) is 334 Å². The van der Waals surface area contributed by atoms with Gasteiger partial charge in [-0.2, -0.15) is 0 Å². The zero-order chi connectivity index (χ0) is 73.1. The fraction of sp³-hybridized carbons (Fsp3) is 0.118. The maximum absolute atomic E-state index is 2.71. The van der Waals surface area contributed by atoms with Gasteiger partial charge in [0.05, 0.1) is 44.5 Å². The monoisotopic (exact) mass is 1390 g/mol. The van der Waals surface area contributed by atoms with E-state index in [-0.39, 0.29) is 23.0 Å². The van der Waals surface area contributed by atoms with Crippen LogP contribution in [0.25, 0.3) is 127 Å². The largest absolute Gasteiger partial charge is 0.310 e. The van der Waals surface area contributed by atoms with Crippen LogP contribution < -0.4 is 26.2 Å². The fourth-order valence-electron chi connectivity index (χ4n) is 17.9. The van der Waals surface area contributed by atoms with Crippen molar-refractivity contribution in [2.75, 3.05) is 9.80 Å². The summed E-state index contributed by atoms with van der Waals surface area (Å²) in [6, 6.07) is 127. The van der Waals surface area contributed by atoms with Gasteiger partial charge in [-0.1, -0.05) is 299 Å². The SMILES string of the molecule is CC(C)(C)c1cc2c3c(c1)N(c1c(-c4ccccc4)cccc1-c1ccccc1)c1cc(-n4c5ccccc5c5cc6c7ccccc7n(-c7ccccc7)c6cc54)ccc1B3c1ccc(-n3c4ccc(C(C)(C)C)cc4c4cc(C(C)(C)C)ccc43)cc1N2c1c(-c2ccccc2)cccc1-c1ccccc1. The third-order valence-corrected chi connectivity index (χ3v) is 23.3. The number of nitrogens with zero attached hydrogens (tertiary/aromatic N) is 5. The number of anilines is 6. The van der Waals surface area contributed by atoms with Crippen molar-refractivity contribution in [2.24, 2.45) is 0 Å². The topological polar surface area (TPSA) is 21.3 Å². The zero-order valence-electron chi connectivity index (χ0n) is 62.6. The van der Waals surface area contributed by atoms with Crippen LogP contribution in [0.1, 0.15) is 79.0 Å². The molecule has 0 saturated heterocycles. The smallest absolute Gasteiger partial charge is 0.252 e. The lowest BCUT2D eigenvalue weighted by Gasteiger charge is -2.46. The molecule has 2 aliphatic rings. The summed E-state index contributed by atoms with van der Waals surface area (Å²) in [5.74, 6) is 0. The highest BCUT2D eigenvalue weighted by Crippen LogP contribution is 2.55. The van der Waals surface area contributed by atoms with Crippen LogP contribution in [0, 0.1) is 0 Å². The normalized spacial score (nSPS) is 13.0. The van der Waals surface area contributed by atoms with Gasteiger partial charge in [-0.3, -0.25) is 0 Å². The standard InChI is InChI=1S/C102H82BN5/c1-100(2,3)69-49-55-89-81(57-69)82-58-70(101(4,5)6)50-56-90(82)105(89)73-51-53-85-93(61-73)107(98-75(65-31-15-10-16-32-65)43-29-44-76(98)66-33-17-11-18-34-66)95-59-71(102(7,8)9)60-96-97(95)103(85)86-54-52-74(62-94(86)108(96)99-77(67-35-19-12-20-36-67)45-30-46-78(99)68-37-21-13-22-38-68)106-88-48-28-26-42-80(88)84-63-83-79-41-25-27-47-87(79)104(91(83)64-92(84)106)72-39-23-14-24-40-72/h10-64H,1-9H3. The van der Waals surface area contributed by atoms with Crippen LogP contribution in [0.2, 0.25) is 0 Å². The lowest BCUT2D eigenvalue weighted by molar-refractivity contribution is 0.590. The number of rotatable bonds is 9. The molecule has 5 heterocycles. The maximum Gasteiger partial charge on any atom is 0.252 e. The number of aromatic nitrogens is 3. The summed E-state index contributed by atoms with van der Waals surface area (Å²) >= 11 is 0. The quantitative estimate of drug-likeness (QED) is 0.134. The first-order chi connectivity index (χ1) is 52.5. The molecular weight excluding hydrogens is 1310 g/mol. The van der Waals surface area contributed by atoms with Gasteiger partial charge in [0.2, 0.25) is 0 Å². The molecule has 0 saturated carbocycles. The highest BCUT2D eigenvalue weighted by Gasteiger charge is 2.46. The average Bonchev–Trinajstić information content (AvgIpc) is 0.717. The third-order valence-electron chi connectivity index (χ3n) is 23.3. The Hall–Kier alpha value is -12.6. The minimum Gasteiger partial charge on any atom is -0.310 e. The molecule has 0 amide bonds. The molecule has 15 aromatic carbocycles. The van der Waals surface area contributed by atoms with E-state index in [1.54, 1.807) is 0 Å². The highest BCUT2D eigenvalue weighted by molar-refractivity contribution is 7.00. The Morgan fingerprint density at radius 3 is 0.944 bits per heavy atom. The molecule has 0 unspecified atom stereocenters. The van der Waals surface area contributed by atoms with Crippen molar-refractivity contribution < 1.29 is 0 Å². The van der Waals surface area contributed by atoms with Gasteiger partial charge in [0.15, 0.2) is 0 Å². The van der Waals surface area contributed by atoms with Crippen LogP contribution in [0.3, 0.4) is 0 Å². The Morgan fingerprint density at radius 1 is 0.222 bits per heavy atom.